The Balaban J connectivity index is 2.64. The quantitative estimate of drug-likeness (QED) is 0.692. The molecule has 0 aromatic heterocycles. The Bertz CT molecular complexity index is 218. The van der Waals surface area contributed by atoms with Gasteiger partial charge in [0.25, 0.3) is 0 Å². The van der Waals surface area contributed by atoms with Crippen molar-refractivity contribution in [2.24, 2.45) is 0 Å². The van der Waals surface area contributed by atoms with E-state index in [-0.39, 0.29) is 18.3 Å². The summed E-state index contributed by atoms with van der Waals surface area (Å²) < 4.78 is 5.51. The molecule has 0 saturated carbocycles. The van der Waals surface area contributed by atoms with Crippen molar-refractivity contribution in [3.63, 3.8) is 0 Å². The van der Waals surface area contributed by atoms with Crippen LogP contribution in [0.2, 0.25) is 0 Å². The molecule has 1 aliphatic rings. The van der Waals surface area contributed by atoms with Gasteiger partial charge in [0.05, 0.1) is 0 Å². The molecular weight excluding hydrogens is 180 g/mol. The minimum absolute atomic E-state index is 0.0675. The molecule has 1 rings (SSSR count). The number of hydrogen-bond acceptors (Lipinski definition) is 2. The number of nitrogens with one attached hydrogen (secondary N) is 1. The first-order valence-electron chi connectivity index (χ1n) is 4.98. The fraction of sp³-hybridized carbons (Fsp3) is 0.700. The zero-order chi connectivity index (χ0) is 10.6. The maximum absolute atomic E-state index is 11.6. The third kappa shape index (κ3) is 2.48. The van der Waals surface area contributed by atoms with E-state index in [1.54, 1.807) is 11.0 Å². The number of urea groups is 1. The molecule has 80 valence electrons. The van der Waals surface area contributed by atoms with E-state index in [0.29, 0.717) is 13.2 Å². The Hall–Kier alpha value is -1.03. The lowest BCUT2D eigenvalue weighted by molar-refractivity contribution is -0.0486. The van der Waals surface area contributed by atoms with E-state index in [1.807, 2.05) is 13.8 Å². The van der Waals surface area contributed by atoms with Gasteiger partial charge >= 0.3 is 6.03 Å². The third-order valence-corrected chi connectivity index (χ3v) is 2.22. The number of ether oxygens (including phenoxy) is 1. The smallest absolute Gasteiger partial charge is 0.319 e. The maximum Gasteiger partial charge on any atom is 0.319 e. The van der Waals surface area contributed by atoms with Crippen LogP contribution in [0.3, 0.4) is 0 Å². The lowest BCUT2D eigenvalue weighted by Gasteiger charge is -2.37. The first kappa shape index (κ1) is 11.0. The first-order chi connectivity index (χ1) is 6.69. The molecular formula is C10H18N2O2. The highest BCUT2D eigenvalue weighted by Gasteiger charge is 2.30. The molecule has 1 fully saturated rings. The number of amides is 2. The van der Waals surface area contributed by atoms with Gasteiger partial charge in [0.2, 0.25) is 0 Å². The van der Waals surface area contributed by atoms with Crippen molar-refractivity contribution >= 4 is 6.03 Å². The second-order valence-electron chi connectivity index (χ2n) is 3.44. The van der Waals surface area contributed by atoms with Crippen LogP contribution in [0.5, 0.6) is 0 Å². The van der Waals surface area contributed by atoms with Gasteiger partial charge < -0.3 is 10.1 Å². The van der Waals surface area contributed by atoms with Crippen molar-refractivity contribution in [3.8, 4) is 0 Å². The molecule has 0 radical (unpaired) electrons. The van der Waals surface area contributed by atoms with E-state index in [9.17, 15) is 4.79 Å². The van der Waals surface area contributed by atoms with E-state index in [2.05, 4.69) is 11.9 Å². The van der Waals surface area contributed by atoms with Gasteiger partial charge in [-0.05, 0) is 13.8 Å². The summed E-state index contributed by atoms with van der Waals surface area (Å²) in [6, 6.07) is 0.113. The van der Waals surface area contributed by atoms with E-state index in [4.69, 9.17) is 4.74 Å². The SMILES string of the molecule is C=CCN1C(=O)NC(C)CC1OCC. The van der Waals surface area contributed by atoms with E-state index in [0.717, 1.165) is 6.42 Å². The number of nitrogens with zero attached hydrogens (tertiary/aromatic N) is 1. The van der Waals surface area contributed by atoms with Gasteiger partial charge in [0, 0.05) is 25.6 Å². The Morgan fingerprint density at radius 1 is 1.79 bits per heavy atom. The summed E-state index contributed by atoms with van der Waals surface area (Å²) in [4.78, 5) is 13.2. The molecule has 0 aromatic carbocycles. The van der Waals surface area contributed by atoms with E-state index < -0.39 is 0 Å². The topological polar surface area (TPSA) is 41.6 Å². The van der Waals surface area contributed by atoms with Crippen LogP contribution in [0.15, 0.2) is 12.7 Å². The molecule has 14 heavy (non-hydrogen) atoms. The summed E-state index contributed by atoms with van der Waals surface area (Å²) in [6.45, 7) is 8.70. The Labute approximate surface area is 84.9 Å². The van der Waals surface area contributed by atoms with Crippen molar-refractivity contribution in [1.29, 1.82) is 0 Å². The predicted molar refractivity (Wildman–Crippen MR) is 54.9 cm³/mol. The minimum atomic E-state index is -0.109. The summed E-state index contributed by atoms with van der Waals surface area (Å²) in [5, 5.41) is 2.86. The predicted octanol–water partition coefficient (Wildman–Crippen LogP) is 1.34. The second-order valence-corrected chi connectivity index (χ2v) is 3.44. The highest BCUT2D eigenvalue weighted by Crippen LogP contribution is 2.14. The van der Waals surface area contributed by atoms with Crippen LogP contribution in [0.1, 0.15) is 20.3 Å². The summed E-state index contributed by atoms with van der Waals surface area (Å²) in [5.74, 6) is 0. The van der Waals surface area contributed by atoms with Gasteiger partial charge in [0.1, 0.15) is 6.23 Å². The zero-order valence-corrected chi connectivity index (χ0v) is 8.82. The molecule has 1 heterocycles. The average molecular weight is 198 g/mol. The monoisotopic (exact) mass is 198 g/mol. The Morgan fingerprint density at radius 2 is 2.50 bits per heavy atom. The van der Waals surface area contributed by atoms with Gasteiger partial charge in [0.15, 0.2) is 0 Å². The standard InChI is InChI=1S/C10H18N2O2/c1-4-6-12-9(14-5-2)7-8(3)11-10(12)13/h4,8-9H,1,5-7H2,2-3H3,(H,11,13). The summed E-state index contributed by atoms with van der Waals surface area (Å²) in [5.41, 5.74) is 0. The van der Waals surface area contributed by atoms with Crippen molar-refractivity contribution < 1.29 is 9.53 Å². The molecule has 1 aliphatic heterocycles. The number of rotatable bonds is 4. The molecule has 0 aromatic rings. The van der Waals surface area contributed by atoms with Gasteiger partial charge in [-0.2, -0.15) is 0 Å². The normalized spacial score (nSPS) is 27.3. The van der Waals surface area contributed by atoms with Crippen LogP contribution < -0.4 is 5.32 Å². The molecule has 0 bridgehead atoms. The van der Waals surface area contributed by atoms with Crippen molar-refractivity contribution in [1.82, 2.24) is 10.2 Å². The summed E-state index contributed by atoms with van der Waals surface area (Å²) >= 11 is 0. The molecule has 1 N–H and O–H groups in total. The van der Waals surface area contributed by atoms with Crippen molar-refractivity contribution in [3.05, 3.63) is 12.7 Å². The van der Waals surface area contributed by atoms with Crippen LogP contribution in [-0.4, -0.2) is 36.4 Å². The van der Waals surface area contributed by atoms with Gasteiger partial charge in [-0.15, -0.1) is 6.58 Å². The van der Waals surface area contributed by atoms with E-state index >= 15 is 0 Å². The van der Waals surface area contributed by atoms with Gasteiger partial charge in [-0.25, -0.2) is 4.79 Å². The molecule has 1 saturated heterocycles. The lowest BCUT2D eigenvalue weighted by atomic mass is 10.1. The molecule has 4 heteroatoms. The van der Waals surface area contributed by atoms with Crippen LogP contribution in [0.25, 0.3) is 0 Å². The van der Waals surface area contributed by atoms with Crippen LogP contribution >= 0.6 is 0 Å². The largest absolute Gasteiger partial charge is 0.358 e. The Morgan fingerprint density at radius 3 is 3.07 bits per heavy atom. The molecule has 2 unspecified atom stereocenters. The molecule has 2 atom stereocenters. The average Bonchev–Trinajstić information content (AvgIpc) is 2.11. The van der Waals surface area contributed by atoms with Crippen LogP contribution in [0.4, 0.5) is 4.79 Å². The second kappa shape index (κ2) is 5.00. The molecule has 0 spiro atoms. The molecule has 2 amide bonds. The van der Waals surface area contributed by atoms with Crippen LogP contribution in [-0.2, 0) is 4.74 Å². The summed E-state index contributed by atoms with van der Waals surface area (Å²) in [6.07, 6.45) is 2.43. The van der Waals surface area contributed by atoms with Gasteiger partial charge in [-0.1, -0.05) is 6.08 Å². The molecule has 0 aliphatic carbocycles. The third-order valence-electron chi connectivity index (χ3n) is 2.22. The minimum Gasteiger partial charge on any atom is -0.358 e. The fourth-order valence-corrected chi connectivity index (χ4v) is 1.60. The van der Waals surface area contributed by atoms with Gasteiger partial charge in [-0.3, -0.25) is 4.90 Å². The maximum atomic E-state index is 11.6. The number of carbonyl (C=O) groups is 1. The highest BCUT2D eigenvalue weighted by atomic mass is 16.5. The highest BCUT2D eigenvalue weighted by molar-refractivity contribution is 5.75. The fourth-order valence-electron chi connectivity index (χ4n) is 1.60. The lowest BCUT2D eigenvalue weighted by Crippen LogP contribution is -2.56. The van der Waals surface area contributed by atoms with Crippen molar-refractivity contribution in [2.45, 2.75) is 32.5 Å². The summed E-state index contributed by atoms with van der Waals surface area (Å²) in [7, 11) is 0. The number of hydrogen-bond donors (Lipinski definition) is 1. The zero-order valence-electron chi connectivity index (χ0n) is 8.82. The van der Waals surface area contributed by atoms with Crippen LogP contribution in [0, 0.1) is 0 Å². The molecule has 4 nitrogen and oxygen atoms in total. The Kier molecular flexibility index (Phi) is 3.95. The van der Waals surface area contributed by atoms with Crippen molar-refractivity contribution in [2.75, 3.05) is 13.2 Å². The van der Waals surface area contributed by atoms with E-state index in [1.165, 1.54) is 0 Å². The number of carbonyl (C=O) groups excluding carboxylic acids is 1. The first-order valence-corrected chi connectivity index (χ1v) is 4.98.